The number of anilines is 3. The van der Waals surface area contributed by atoms with E-state index >= 15 is 0 Å². The highest BCUT2D eigenvalue weighted by Gasteiger charge is 2.23. The van der Waals surface area contributed by atoms with Gasteiger partial charge in [0.15, 0.2) is 0 Å². The second-order valence-electron chi connectivity index (χ2n) is 9.70. The maximum absolute atomic E-state index is 13.0. The zero-order valence-electron chi connectivity index (χ0n) is 22.8. The molecule has 41 heavy (non-hydrogen) atoms. The first-order chi connectivity index (χ1) is 18.1. The van der Waals surface area contributed by atoms with Crippen molar-refractivity contribution in [2.45, 2.75) is 25.7 Å². The monoisotopic (exact) mass is 638 g/mol. The van der Waals surface area contributed by atoms with Crippen molar-refractivity contribution in [3.63, 3.8) is 0 Å². The van der Waals surface area contributed by atoms with E-state index in [1.807, 2.05) is 0 Å². The molecule has 12 heteroatoms. The summed E-state index contributed by atoms with van der Waals surface area (Å²) in [5.74, 6) is -0.490. The quantitative estimate of drug-likeness (QED) is 0.257. The summed E-state index contributed by atoms with van der Waals surface area (Å²) in [6.07, 6.45) is 0. The Morgan fingerprint density at radius 3 is 2.15 bits per heavy atom. The average Bonchev–Trinajstić information content (AvgIpc) is 2.89. The van der Waals surface area contributed by atoms with Crippen LogP contribution in [0.15, 0.2) is 71.6 Å². The number of hydrogen-bond acceptors (Lipinski definition) is 6. The molecule has 8 nitrogen and oxygen atoms in total. The molecule has 0 saturated carbocycles. The molecular formula is C29H33Cl3N4O4S. The highest BCUT2D eigenvalue weighted by atomic mass is 35.5. The predicted molar refractivity (Wildman–Crippen MR) is 173 cm³/mol. The normalized spacial score (nSPS) is 13.0. The van der Waals surface area contributed by atoms with Crippen molar-refractivity contribution in [3.8, 4) is 0 Å². The van der Waals surface area contributed by atoms with Crippen molar-refractivity contribution in [2.75, 3.05) is 40.7 Å². The molecule has 1 aliphatic heterocycles. The number of benzene rings is 3. The summed E-state index contributed by atoms with van der Waals surface area (Å²) in [7, 11) is -3.84. The summed E-state index contributed by atoms with van der Waals surface area (Å²) in [4.78, 5) is 21.6. The number of aromatic nitrogens is 1. The van der Waals surface area contributed by atoms with Crippen LogP contribution in [-0.2, 0) is 10.0 Å². The van der Waals surface area contributed by atoms with Gasteiger partial charge in [0.1, 0.15) is 5.82 Å². The number of carboxylic acid groups (broad SMARTS) is 1. The molecule has 1 fully saturated rings. The Hall–Kier alpha value is -3.24. The Balaban J connectivity index is 0.00000196. The molecule has 0 bridgehead atoms. The highest BCUT2D eigenvalue weighted by molar-refractivity contribution is 7.92. The number of rotatable bonds is 6. The second kappa shape index (κ2) is 13.6. The lowest BCUT2D eigenvalue weighted by atomic mass is 10.1. The maximum Gasteiger partial charge on any atom is 0.336 e. The fraction of sp³-hybridized carbons (Fsp3) is 0.241. The Bertz CT molecular complexity index is 1660. The molecule has 2 heterocycles. The van der Waals surface area contributed by atoms with Gasteiger partial charge in [-0.05, 0) is 73.9 Å². The molecule has 0 atom stereocenters. The fourth-order valence-corrected chi connectivity index (χ4v) is 6.22. The van der Waals surface area contributed by atoms with E-state index in [4.69, 9.17) is 4.98 Å². The SMILES string of the molecule is Cc1ccc(C)c(N2CCN(c3cc(C(=O)O)c4cc(NS(=O)(=O)c5ccccc5C)ccc4n3)CC2)c1.Cl.Cl.Cl. The zero-order chi connectivity index (χ0) is 27.0. The van der Waals surface area contributed by atoms with E-state index < -0.39 is 16.0 Å². The first kappa shape index (κ1) is 34.0. The zero-order valence-corrected chi connectivity index (χ0v) is 26.1. The lowest BCUT2D eigenvalue weighted by Gasteiger charge is -2.37. The number of carboxylic acids is 1. The topological polar surface area (TPSA) is 103 Å². The molecule has 1 aliphatic rings. The lowest BCUT2D eigenvalue weighted by molar-refractivity contribution is 0.0699. The third-order valence-electron chi connectivity index (χ3n) is 6.97. The fourth-order valence-electron chi connectivity index (χ4n) is 4.92. The van der Waals surface area contributed by atoms with Gasteiger partial charge in [0, 0.05) is 42.9 Å². The van der Waals surface area contributed by atoms with Crippen LogP contribution < -0.4 is 14.5 Å². The van der Waals surface area contributed by atoms with Gasteiger partial charge in [-0.25, -0.2) is 18.2 Å². The Morgan fingerprint density at radius 2 is 1.49 bits per heavy atom. The van der Waals surface area contributed by atoms with Crippen molar-refractivity contribution in [1.82, 2.24) is 4.98 Å². The molecule has 2 N–H and O–H groups in total. The minimum Gasteiger partial charge on any atom is -0.478 e. The molecular weight excluding hydrogens is 607 g/mol. The summed E-state index contributed by atoms with van der Waals surface area (Å²) in [5, 5.41) is 10.4. The molecule has 220 valence electrons. The van der Waals surface area contributed by atoms with Crippen molar-refractivity contribution < 1.29 is 18.3 Å². The summed E-state index contributed by atoms with van der Waals surface area (Å²) < 4.78 is 28.5. The van der Waals surface area contributed by atoms with Gasteiger partial charge < -0.3 is 14.9 Å². The van der Waals surface area contributed by atoms with E-state index in [0.717, 1.165) is 13.1 Å². The van der Waals surface area contributed by atoms with Crippen molar-refractivity contribution in [1.29, 1.82) is 0 Å². The summed E-state index contributed by atoms with van der Waals surface area (Å²) in [6, 6.07) is 19.5. The number of hydrogen-bond donors (Lipinski definition) is 2. The van der Waals surface area contributed by atoms with Crippen LogP contribution in [0.4, 0.5) is 17.2 Å². The Labute approximate surface area is 259 Å². The van der Waals surface area contributed by atoms with Crippen LogP contribution in [0.2, 0.25) is 0 Å². The lowest BCUT2D eigenvalue weighted by Crippen LogP contribution is -2.47. The van der Waals surface area contributed by atoms with Crippen LogP contribution in [0, 0.1) is 20.8 Å². The van der Waals surface area contributed by atoms with Crippen molar-refractivity contribution in [2.24, 2.45) is 0 Å². The van der Waals surface area contributed by atoms with Crippen molar-refractivity contribution in [3.05, 3.63) is 89.0 Å². The first-order valence-corrected chi connectivity index (χ1v) is 13.9. The molecule has 1 saturated heterocycles. The summed E-state index contributed by atoms with van der Waals surface area (Å²) >= 11 is 0. The Morgan fingerprint density at radius 1 is 0.829 bits per heavy atom. The van der Waals surface area contributed by atoms with E-state index in [1.165, 1.54) is 28.9 Å². The van der Waals surface area contributed by atoms with Crippen LogP contribution in [0.3, 0.4) is 0 Å². The van der Waals surface area contributed by atoms with Gasteiger partial charge in [-0.3, -0.25) is 4.72 Å². The highest BCUT2D eigenvalue weighted by Crippen LogP contribution is 2.29. The van der Waals surface area contributed by atoms with Gasteiger partial charge in [-0.2, -0.15) is 0 Å². The van der Waals surface area contributed by atoms with E-state index in [-0.39, 0.29) is 53.4 Å². The number of nitrogens with zero attached hydrogens (tertiary/aromatic N) is 3. The van der Waals surface area contributed by atoms with Gasteiger partial charge in [-0.15, -0.1) is 37.2 Å². The molecule has 0 spiro atoms. The van der Waals surface area contributed by atoms with E-state index in [2.05, 4.69) is 46.6 Å². The van der Waals surface area contributed by atoms with Gasteiger partial charge in [0.2, 0.25) is 0 Å². The second-order valence-corrected chi connectivity index (χ2v) is 11.4. The molecule has 1 aromatic heterocycles. The predicted octanol–water partition coefficient (Wildman–Crippen LogP) is 6.25. The molecule has 3 aromatic carbocycles. The summed E-state index contributed by atoms with van der Waals surface area (Å²) in [5.41, 5.74) is 5.15. The van der Waals surface area contributed by atoms with Gasteiger partial charge in [0.25, 0.3) is 10.0 Å². The average molecular weight is 640 g/mol. The minimum absolute atomic E-state index is 0. The third kappa shape index (κ3) is 7.16. The number of aryl methyl sites for hydroxylation is 3. The third-order valence-corrected chi connectivity index (χ3v) is 8.51. The van der Waals surface area contributed by atoms with Crippen molar-refractivity contribution >= 4 is 81.3 Å². The number of fused-ring (bicyclic) bond motifs is 1. The molecule has 0 aliphatic carbocycles. The van der Waals surface area contributed by atoms with Crippen LogP contribution in [0.5, 0.6) is 0 Å². The number of sulfonamides is 1. The molecule has 0 radical (unpaired) electrons. The van der Waals surface area contributed by atoms with E-state index in [0.29, 0.717) is 35.4 Å². The van der Waals surface area contributed by atoms with Crippen LogP contribution in [0.25, 0.3) is 10.9 Å². The van der Waals surface area contributed by atoms with Crippen LogP contribution in [-0.4, -0.2) is 50.7 Å². The number of carbonyl (C=O) groups is 1. The summed E-state index contributed by atoms with van der Waals surface area (Å²) in [6.45, 7) is 8.94. The Kier molecular flexibility index (Phi) is 11.3. The van der Waals surface area contributed by atoms with Crippen LogP contribution in [0.1, 0.15) is 27.0 Å². The van der Waals surface area contributed by atoms with Gasteiger partial charge >= 0.3 is 5.97 Å². The van der Waals surface area contributed by atoms with Crippen LogP contribution >= 0.6 is 37.2 Å². The van der Waals surface area contributed by atoms with Gasteiger partial charge in [-0.1, -0.05) is 30.3 Å². The number of pyridine rings is 1. The molecule has 0 amide bonds. The van der Waals surface area contributed by atoms with E-state index in [9.17, 15) is 18.3 Å². The number of aromatic carboxylic acids is 1. The first-order valence-electron chi connectivity index (χ1n) is 12.5. The van der Waals surface area contributed by atoms with E-state index in [1.54, 1.807) is 43.3 Å². The minimum atomic E-state index is -3.84. The smallest absolute Gasteiger partial charge is 0.336 e. The molecule has 4 aromatic rings. The van der Waals surface area contributed by atoms with Gasteiger partial charge in [0.05, 0.1) is 16.0 Å². The molecule has 0 unspecified atom stereocenters. The number of halogens is 3. The molecule has 5 rings (SSSR count). The maximum atomic E-state index is 13.0. The standard InChI is InChI=1S/C29H30N4O4S.3ClH/c1-19-8-9-20(2)26(16-19)32-12-14-33(15-13-32)28-18-24(29(34)35)23-17-22(10-11-25(23)30-28)31-38(36,37)27-7-5-4-6-21(27)3;;;/h4-11,16-18,31H,12-15H2,1-3H3,(H,34,35);3*1H. The largest absolute Gasteiger partial charge is 0.478 e. The number of nitrogens with one attached hydrogen (secondary N) is 1. The number of piperazine rings is 1.